The maximum Gasteiger partial charge on any atom is 0.396 e. The van der Waals surface area contributed by atoms with Crippen molar-refractivity contribution >= 4 is 18.9 Å². The van der Waals surface area contributed by atoms with Crippen molar-refractivity contribution in [3.05, 3.63) is 0 Å². The van der Waals surface area contributed by atoms with E-state index in [0.717, 1.165) is 0 Å². The molecule has 0 aromatic heterocycles. The lowest BCUT2D eigenvalue weighted by Crippen LogP contribution is -2.10. The summed E-state index contributed by atoms with van der Waals surface area (Å²) >= 11 is 0. The summed E-state index contributed by atoms with van der Waals surface area (Å²) in [6.45, 7) is 5.04. The fourth-order valence-corrected chi connectivity index (χ4v) is 3.61. The highest BCUT2D eigenvalue weighted by Crippen LogP contribution is 2.66. The van der Waals surface area contributed by atoms with Crippen LogP contribution in [0.1, 0.15) is 20.8 Å². The normalized spacial score (nSPS) is 27.6. The van der Waals surface area contributed by atoms with Gasteiger partial charge in [-0.15, -0.1) is 0 Å². The standard InChI is InChI=1S/C10H17O5P/c1-6(11)7-8(10(7,2)3)9(12)16(13,14-4)15-5/h7-8H,1-5H3. The fraction of sp³-hybridized carbons (Fsp3) is 0.800. The fourth-order valence-electron chi connectivity index (χ4n) is 2.28. The zero-order chi connectivity index (χ0) is 12.7. The minimum absolute atomic E-state index is 0.0675. The summed E-state index contributed by atoms with van der Waals surface area (Å²) in [6, 6.07) is 0. The largest absolute Gasteiger partial charge is 0.396 e. The van der Waals surface area contributed by atoms with Gasteiger partial charge in [-0.3, -0.25) is 14.2 Å². The van der Waals surface area contributed by atoms with E-state index >= 15 is 0 Å². The van der Waals surface area contributed by atoms with Gasteiger partial charge in [-0.2, -0.15) is 0 Å². The molecule has 0 heterocycles. The molecular weight excluding hydrogens is 231 g/mol. The van der Waals surface area contributed by atoms with Crippen molar-refractivity contribution in [1.82, 2.24) is 0 Å². The van der Waals surface area contributed by atoms with Gasteiger partial charge in [0, 0.05) is 26.1 Å². The third-order valence-corrected chi connectivity index (χ3v) is 5.06. The van der Waals surface area contributed by atoms with Crippen molar-refractivity contribution in [3.8, 4) is 0 Å². The highest BCUT2D eigenvalue weighted by Gasteiger charge is 2.67. The average molecular weight is 248 g/mol. The van der Waals surface area contributed by atoms with Gasteiger partial charge in [0.15, 0.2) is 0 Å². The Morgan fingerprint density at radius 3 is 1.81 bits per heavy atom. The van der Waals surface area contributed by atoms with Crippen molar-refractivity contribution in [2.24, 2.45) is 17.3 Å². The van der Waals surface area contributed by atoms with Gasteiger partial charge >= 0.3 is 7.60 Å². The first-order chi connectivity index (χ1) is 7.22. The molecule has 1 aliphatic carbocycles. The van der Waals surface area contributed by atoms with Crippen LogP contribution < -0.4 is 0 Å². The highest BCUT2D eigenvalue weighted by atomic mass is 31.2. The molecular formula is C10H17O5P. The number of hydrogen-bond acceptors (Lipinski definition) is 5. The van der Waals surface area contributed by atoms with Crippen LogP contribution in [0.15, 0.2) is 0 Å². The zero-order valence-electron chi connectivity index (χ0n) is 10.1. The molecule has 0 aromatic carbocycles. The Balaban J connectivity index is 2.94. The molecule has 0 spiro atoms. The minimum Gasteiger partial charge on any atom is -0.307 e. The Labute approximate surface area is 95.0 Å². The first-order valence-corrected chi connectivity index (χ1v) is 6.53. The Kier molecular flexibility index (Phi) is 3.44. The lowest BCUT2D eigenvalue weighted by Gasteiger charge is -2.12. The van der Waals surface area contributed by atoms with Gasteiger partial charge in [0.25, 0.3) is 0 Å². The molecule has 0 bridgehead atoms. The van der Waals surface area contributed by atoms with Gasteiger partial charge in [-0.1, -0.05) is 13.8 Å². The quantitative estimate of drug-likeness (QED) is 0.694. The van der Waals surface area contributed by atoms with Crippen LogP contribution >= 0.6 is 7.60 Å². The van der Waals surface area contributed by atoms with Crippen molar-refractivity contribution in [2.45, 2.75) is 20.8 Å². The Morgan fingerprint density at radius 1 is 1.12 bits per heavy atom. The van der Waals surface area contributed by atoms with Crippen LogP contribution in [0.4, 0.5) is 0 Å². The predicted octanol–water partition coefficient (Wildman–Crippen LogP) is 1.86. The summed E-state index contributed by atoms with van der Waals surface area (Å²) in [7, 11) is -1.38. The van der Waals surface area contributed by atoms with Crippen LogP contribution in [0, 0.1) is 17.3 Å². The van der Waals surface area contributed by atoms with E-state index in [9.17, 15) is 14.2 Å². The summed E-state index contributed by atoms with van der Waals surface area (Å²) in [5, 5.41) is 0. The second-order valence-corrected chi connectivity index (χ2v) is 6.75. The second kappa shape index (κ2) is 4.06. The third-order valence-electron chi connectivity index (χ3n) is 3.28. The van der Waals surface area contributed by atoms with Gasteiger partial charge in [0.05, 0.1) is 0 Å². The summed E-state index contributed by atoms with van der Waals surface area (Å²) < 4.78 is 21.2. The lowest BCUT2D eigenvalue weighted by atomic mass is 10.1. The van der Waals surface area contributed by atoms with Gasteiger partial charge in [0.2, 0.25) is 5.52 Å². The van der Waals surface area contributed by atoms with Crippen molar-refractivity contribution in [1.29, 1.82) is 0 Å². The summed E-state index contributed by atoms with van der Waals surface area (Å²) in [5.74, 6) is -1.00. The van der Waals surface area contributed by atoms with E-state index in [1.165, 1.54) is 21.1 Å². The molecule has 0 N–H and O–H groups in total. The number of carbonyl (C=O) groups is 2. The monoisotopic (exact) mass is 248 g/mol. The topological polar surface area (TPSA) is 69.7 Å². The van der Waals surface area contributed by atoms with Crippen LogP contribution in [0.2, 0.25) is 0 Å². The molecule has 2 atom stereocenters. The molecule has 16 heavy (non-hydrogen) atoms. The summed E-state index contributed by atoms with van der Waals surface area (Å²) in [4.78, 5) is 23.3. The Morgan fingerprint density at radius 2 is 1.56 bits per heavy atom. The number of hydrogen-bond donors (Lipinski definition) is 0. The van der Waals surface area contributed by atoms with Crippen LogP contribution in [0.3, 0.4) is 0 Å². The van der Waals surface area contributed by atoms with Crippen LogP contribution in [-0.2, 0) is 23.2 Å². The van der Waals surface area contributed by atoms with Crippen molar-refractivity contribution < 1.29 is 23.2 Å². The number of ketones is 1. The average Bonchev–Trinajstić information content (AvgIpc) is 2.79. The second-order valence-electron chi connectivity index (χ2n) is 4.59. The van der Waals surface area contributed by atoms with Crippen molar-refractivity contribution in [3.63, 3.8) is 0 Å². The number of rotatable bonds is 5. The molecule has 0 amide bonds. The molecule has 0 radical (unpaired) electrons. The maximum atomic E-state index is 12.0. The lowest BCUT2D eigenvalue weighted by molar-refractivity contribution is -0.121. The van der Waals surface area contributed by atoms with E-state index in [2.05, 4.69) is 9.05 Å². The molecule has 1 fully saturated rings. The van der Waals surface area contributed by atoms with E-state index in [1.807, 2.05) is 0 Å². The van der Waals surface area contributed by atoms with Gasteiger partial charge in [-0.05, 0) is 12.3 Å². The molecule has 5 nitrogen and oxygen atoms in total. The first-order valence-electron chi connectivity index (χ1n) is 4.98. The molecule has 1 rings (SSSR count). The Bertz CT molecular complexity index is 365. The molecule has 0 saturated heterocycles. The van der Waals surface area contributed by atoms with E-state index in [4.69, 9.17) is 0 Å². The SMILES string of the molecule is COP(=O)(OC)C(=O)C1C(C(C)=O)C1(C)C. The third kappa shape index (κ3) is 1.88. The van der Waals surface area contributed by atoms with E-state index in [-0.39, 0.29) is 11.7 Å². The highest BCUT2D eigenvalue weighted by molar-refractivity contribution is 7.71. The Hall–Kier alpha value is -0.510. The smallest absolute Gasteiger partial charge is 0.307 e. The van der Waals surface area contributed by atoms with Crippen LogP contribution in [-0.4, -0.2) is 25.5 Å². The predicted molar refractivity (Wildman–Crippen MR) is 58.1 cm³/mol. The summed E-state index contributed by atoms with van der Waals surface area (Å²) in [6.07, 6.45) is 0. The molecule has 1 aliphatic rings. The summed E-state index contributed by atoms with van der Waals surface area (Å²) in [5.41, 5.74) is -1.04. The van der Waals surface area contributed by atoms with Gasteiger partial charge in [-0.25, -0.2) is 0 Å². The molecule has 0 aromatic rings. The van der Waals surface area contributed by atoms with E-state index < -0.39 is 24.5 Å². The van der Waals surface area contributed by atoms with E-state index in [0.29, 0.717) is 0 Å². The number of carbonyl (C=O) groups excluding carboxylic acids is 2. The molecule has 92 valence electrons. The van der Waals surface area contributed by atoms with Crippen molar-refractivity contribution in [2.75, 3.05) is 14.2 Å². The minimum atomic E-state index is -3.71. The van der Waals surface area contributed by atoms with Crippen LogP contribution in [0.5, 0.6) is 0 Å². The zero-order valence-corrected chi connectivity index (χ0v) is 11.0. The van der Waals surface area contributed by atoms with E-state index in [1.54, 1.807) is 13.8 Å². The van der Waals surface area contributed by atoms with Gasteiger partial charge < -0.3 is 9.05 Å². The van der Waals surface area contributed by atoms with Crippen LogP contribution in [0.25, 0.3) is 0 Å². The molecule has 0 aliphatic heterocycles. The molecule has 2 unspecified atom stereocenters. The van der Waals surface area contributed by atoms with Gasteiger partial charge in [0.1, 0.15) is 5.78 Å². The maximum absolute atomic E-state index is 12.0. The number of Topliss-reactive ketones (excluding diaryl/α,β-unsaturated/α-hetero) is 1. The molecule has 6 heteroatoms. The first kappa shape index (κ1) is 13.6. The molecule has 1 saturated carbocycles.